The number of rotatable bonds is 3. The Morgan fingerprint density at radius 1 is 1.77 bits per heavy atom. The Balaban J connectivity index is 2.35. The smallest absolute Gasteiger partial charge is 0.343 e. The fraction of sp³-hybridized carbons (Fsp3) is 0.571. The van der Waals surface area contributed by atoms with E-state index in [1.807, 2.05) is 0 Å². The lowest BCUT2D eigenvalue weighted by Crippen LogP contribution is -2.28. The standard InChI is InChI=1S/C7H9N3O3/c11-6(12)5(4-1-2-4)10-3-8-9-7(10)13/h3-5H,1-2H2,(H,9,13)(H,11,12). The predicted molar refractivity (Wildman–Crippen MR) is 42.2 cm³/mol. The molecule has 1 aromatic heterocycles. The van der Waals surface area contributed by atoms with Crippen LogP contribution in [-0.2, 0) is 4.79 Å². The first-order valence-corrected chi connectivity index (χ1v) is 4.04. The quantitative estimate of drug-likeness (QED) is 0.667. The van der Waals surface area contributed by atoms with Crippen LogP contribution in [0.5, 0.6) is 0 Å². The van der Waals surface area contributed by atoms with Crippen molar-refractivity contribution < 1.29 is 9.90 Å². The number of aromatic amines is 1. The molecule has 1 fully saturated rings. The number of nitrogens with zero attached hydrogens (tertiary/aromatic N) is 2. The molecule has 0 bridgehead atoms. The van der Waals surface area contributed by atoms with Crippen molar-refractivity contribution in [3.8, 4) is 0 Å². The average Bonchev–Trinajstić information content (AvgIpc) is 2.78. The minimum absolute atomic E-state index is 0.0906. The van der Waals surface area contributed by atoms with Crippen LogP contribution in [0.15, 0.2) is 11.1 Å². The molecule has 1 saturated carbocycles. The first-order chi connectivity index (χ1) is 6.20. The fourth-order valence-corrected chi connectivity index (χ4v) is 1.41. The molecular formula is C7H9N3O3. The Morgan fingerprint density at radius 3 is 2.85 bits per heavy atom. The maximum Gasteiger partial charge on any atom is 0.343 e. The second-order valence-corrected chi connectivity index (χ2v) is 3.19. The molecule has 1 unspecified atom stereocenters. The Labute approximate surface area is 73.2 Å². The molecule has 0 aliphatic heterocycles. The van der Waals surface area contributed by atoms with Gasteiger partial charge in [-0.2, -0.15) is 5.10 Å². The topological polar surface area (TPSA) is 88.0 Å². The molecule has 13 heavy (non-hydrogen) atoms. The van der Waals surface area contributed by atoms with Gasteiger partial charge in [0.25, 0.3) is 0 Å². The highest BCUT2D eigenvalue weighted by molar-refractivity contribution is 5.72. The molecule has 1 aliphatic rings. The molecule has 0 spiro atoms. The Kier molecular flexibility index (Phi) is 1.68. The van der Waals surface area contributed by atoms with E-state index in [0.717, 1.165) is 17.4 Å². The number of carboxylic acid groups (broad SMARTS) is 1. The summed E-state index contributed by atoms with van der Waals surface area (Å²) in [5.74, 6) is -0.876. The third-order valence-corrected chi connectivity index (χ3v) is 2.20. The van der Waals surface area contributed by atoms with E-state index in [1.165, 1.54) is 6.33 Å². The number of carbonyl (C=O) groups is 1. The molecule has 6 heteroatoms. The summed E-state index contributed by atoms with van der Waals surface area (Å²) in [4.78, 5) is 21.9. The van der Waals surface area contributed by atoms with Gasteiger partial charge in [0, 0.05) is 0 Å². The van der Waals surface area contributed by atoms with Gasteiger partial charge in [-0.15, -0.1) is 0 Å². The summed E-state index contributed by atoms with van der Waals surface area (Å²) in [6.07, 6.45) is 2.97. The van der Waals surface area contributed by atoms with Crippen molar-refractivity contribution in [2.24, 2.45) is 5.92 Å². The maximum absolute atomic E-state index is 11.1. The molecule has 1 aromatic rings. The largest absolute Gasteiger partial charge is 0.480 e. The number of nitrogens with one attached hydrogen (secondary N) is 1. The van der Waals surface area contributed by atoms with Crippen LogP contribution in [0.1, 0.15) is 18.9 Å². The predicted octanol–water partition coefficient (Wildman–Crippen LogP) is -0.393. The lowest BCUT2D eigenvalue weighted by molar-refractivity contribution is -0.141. The summed E-state index contributed by atoms with van der Waals surface area (Å²) in [5.41, 5.74) is -0.459. The lowest BCUT2D eigenvalue weighted by atomic mass is 10.2. The fourth-order valence-electron chi connectivity index (χ4n) is 1.41. The van der Waals surface area contributed by atoms with Crippen molar-refractivity contribution in [2.45, 2.75) is 18.9 Å². The molecule has 0 saturated heterocycles. The summed E-state index contributed by atoms with van der Waals surface area (Å²) in [7, 11) is 0. The SMILES string of the molecule is O=C(O)C(C1CC1)n1cn[nH]c1=O. The molecule has 1 heterocycles. The van der Waals surface area contributed by atoms with Crippen molar-refractivity contribution in [3.05, 3.63) is 16.8 Å². The van der Waals surface area contributed by atoms with Crippen molar-refractivity contribution >= 4 is 5.97 Å². The maximum atomic E-state index is 11.1. The number of H-pyrrole nitrogens is 1. The van der Waals surface area contributed by atoms with Gasteiger partial charge in [-0.1, -0.05) is 0 Å². The van der Waals surface area contributed by atoms with Gasteiger partial charge < -0.3 is 5.11 Å². The highest BCUT2D eigenvalue weighted by Gasteiger charge is 2.38. The van der Waals surface area contributed by atoms with Crippen LogP contribution < -0.4 is 5.69 Å². The normalized spacial score (nSPS) is 18.5. The second kappa shape index (κ2) is 2.72. The second-order valence-electron chi connectivity index (χ2n) is 3.19. The van der Waals surface area contributed by atoms with Crippen LogP contribution in [0.25, 0.3) is 0 Å². The van der Waals surface area contributed by atoms with E-state index in [-0.39, 0.29) is 5.92 Å². The Hall–Kier alpha value is -1.59. The molecular weight excluding hydrogens is 174 g/mol. The zero-order chi connectivity index (χ0) is 9.42. The summed E-state index contributed by atoms with van der Waals surface area (Å²) in [5, 5.41) is 14.6. The molecule has 2 N–H and O–H groups in total. The van der Waals surface area contributed by atoms with Crippen LogP contribution in [-0.4, -0.2) is 25.8 Å². The molecule has 0 aromatic carbocycles. The van der Waals surface area contributed by atoms with Gasteiger partial charge in [0.15, 0.2) is 0 Å². The van der Waals surface area contributed by atoms with E-state index >= 15 is 0 Å². The summed E-state index contributed by atoms with van der Waals surface area (Å²) < 4.78 is 1.14. The van der Waals surface area contributed by atoms with Crippen molar-refractivity contribution in [3.63, 3.8) is 0 Å². The average molecular weight is 183 g/mol. The summed E-state index contributed by atoms with van der Waals surface area (Å²) in [6, 6.07) is -0.744. The lowest BCUT2D eigenvalue weighted by Gasteiger charge is -2.09. The van der Waals surface area contributed by atoms with Gasteiger partial charge in [-0.3, -0.25) is 4.57 Å². The minimum Gasteiger partial charge on any atom is -0.480 e. The van der Waals surface area contributed by atoms with Gasteiger partial charge in [0.05, 0.1) is 0 Å². The minimum atomic E-state index is -0.967. The molecule has 1 atom stereocenters. The first-order valence-electron chi connectivity index (χ1n) is 4.04. The Bertz CT molecular complexity index is 376. The number of hydrogen-bond acceptors (Lipinski definition) is 3. The van der Waals surface area contributed by atoms with E-state index in [1.54, 1.807) is 0 Å². The Morgan fingerprint density at radius 2 is 2.46 bits per heavy atom. The molecule has 0 amide bonds. The van der Waals surface area contributed by atoms with Crippen molar-refractivity contribution in [1.82, 2.24) is 14.8 Å². The van der Waals surface area contributed by atoms with E-state index < -0.39 is 17.7 Å². The van der Waals surface area contributed by atoms with Gasteiger partial charge >= 0.3 is 11.7 Å². The first kappa shape index (κ1) is 8.03. The molecule has 6 nitrogen and oxygen atoms in total. The van der Waals surface area contributed by atoms with Crippen molar-refractivity contribution in [1.29, 1.82) is 0 Å². The monoisotopic (exact) mass is 183 g/mol. The van der Waals surface area contributed by atoms with Crippen LogP contribution in [0.4, 0.5) is 0 Å². The van der Waals surface area contributed by atoms with E-state index in [0.29, 0.717) is 0 Å². The third-order valence-electron chi connectivity index (χ3n) is 2.20. The van der Waals surface area contributed by atoms with Crippen molar-refractivity contribution in [2.75, 3.05) is 0 Å². The third kappa shape index (κ3) is 1.34. The molecule has 2 rings (SSSR count). The highest BCUT2D eigenvalue weighted by atomic mass is 16.4. The molecule has 0 radical (unpaired) electrons. The summed E-state index contributed by atoms with van der Waals surface area (Å²) >= 11 is 0. The zero-order valence-corrected chi connectivity index (χ0v) is 6.80. The van der Waals surface area contributed by atoms with Crippen LogP contribution in [0, 0.1) is 5.92 Å². The molecule has 70 valence electrons. The van der Waals surface area contributed by atoms with Gasteiger partial charge in [0.2, 0.25) is 0 Å². The van der Waals surface area contributed by atoms with Crippen LogP contribution >= 0.6 is 0 Å². The number of aromatic nitrogens is 3. The van der Waals surface area contributed by atoms with E-state index in [2.05, 4.69) is 10.2 Å². The van der Waals surface area contributed by atoms with Crippen LogP contribution in [0.2, 0.25) is 0 Å². The van der Waals surface area contributed by atoms with Gasteiger partial charge in [-0.25, -0.2) is 14.7 Å². The van der Waals surface area contributed by atoms with Gasteiger partial charge in [0.1, 0.15) is 12.4 Å². The number of carboxylic acids is 1. The molecule has 1 aliphatic carbocycles. The van der Waals surface area contributed by atoms with E-state index in [9.17, 15) is 9.59 Å². The van der Waals surface area contributed by atoms with E-state index in [4.69, 9.17) is 5.11 Å². The highest BCUT2D eigenvalue weighted by Crippen LogP contribution is 2.39. The van der Waals surface area contributed by atoms with Crippen LogP contribution in [0.3, 0.4) is 0 Å². The van der Waals surface area contributed by atoms with Gasteiger partial charge in [-0.05, 0) is 18.8 Å². The summed E-state index contributed by atoms with van der Waals surface area (Å²) in [6.45, 7) is 0. The number of hydrogen-bond donors (Lipinski definition) is 2. The number of aliphatic carboxylic acids is 1. The zero-order valence-electron chi connectivity index (χ0n) is 6.80.